The maximum Gasteiger partial charge on any atom is 0.242 e. The summed E-state index contributed by atoms with van der Waals surface area (Å²) in [6, 6.07) is -0.254. The average molecular weight is 351 g/mol. The zero-order valence-corrected chi connectivity index (χ0v) is 15.2. The molecule has 1 spiro atoms. The van der Waals surface area contributed by atoms with Gasteiger partial charge >= 0.3 is 0 Å². The molecule has 140 valence electrons. The number of piperazine rings is 1. The van der Waals surface area contributed by atoms with Crippen LogP contribution in [0.2, 0.25) is 0 Å². The molecule has 0 aromatic rings. The molecular formula is C18H29N3O4. The maximum absolute atomic E-state index is 12.6. The van der Waals surface area contributed by atoms with Crippen LogP contribution in [-0.4, -0.2) is 76.9 Å². The number of fused-ring (bicyclic) bond motifs is 1. The van der Waals surface area contributed by atoms with Crippen molar-refractivity contribution < 1.29 is 19.4 Å². The topological polar surface area (TPSA) is 82.1 Å². The summed E-state index contributed by atoms with van der Waals surface area (Å²) in [6.07, 6.45) is 3.74. The van der Waals surface area contributed by atoms with Gasteiger partial charge in [0.1, 0.15) is 0 Å². The van der Waals surface area contributed by atoms with Gasteiger partial charge in [0, 0.05) is 26.1 Å². The highest BCUT2D eigenvalue weighted by Gasteiger charge is 2.52. The molecule has 4 rings (SSSR count). The monoisotopic (exact) mass is 351 g/mol. The second-order valence-corrected chi connectivity index (χ2v) is 8.46. The molecule has 4 aliphatic rings. The first kappa shape index (κ1) is 17.2. The summed E-state index contributed by atoms with van der Waals surface area (Å²) in [5.74, 6) is 0.131. The van der Waals surface area contributed by atoms with Crippen LogP contribution in [0.5, 0.6) is 0 Å². The number of rotatable bonds is 3. The number of carbonyl (C=O) groups is 2. The van der Waals surface area contributed by atoms with Crippen LogP contribution >= 0.6 is 0 Å². The normalized spacial score (nSPS) is 39.6. The van der Waals surface area contributed by atoms with Crippen LogP contribution in [0.25, 0.3) is 0 Å². The van der Waals surface area contributed by atoms with Crippen LogP contribution in [-0.2, 0) is 14.3 Å². The van der Waals surface area contributed by atoms with E-state index in [4.69, 9.17) is 4.74 Å². The molecule has 0 aromatic carbocycles. The zero-order chi connectivity index (χ0) is 17.8. The lowest BCUT2D eigenvalue weighted by atomic mass is 9.90. The van der Waals surface area contributed by atoms with Crippen LogP contribution in [0.1, 0.15) is 46.0 Å². The van der Waals surface area contributed by atoms with Crippen molar-refractivity contribution in [2.24, 2.45) is 5.41 Å². The molecule has 0 aromatic heterocycles. The number of hydrogen-bond acceptors (Lipinski definition) is 5. The Bertz CT molecular complexity index is 579. The molecule has 1 aliphatic carbocycles. The van der Waals surface area contributed by atoms with E-state index >= 15 is 0 Å². The highest BCUT2D eigenvalue weighted by molar-refractivity contribution is 5.83. The minimum absolute atomic E-state index is 0.0458. The molecule has 1 saturated carbocycles. The Morgan fingerprint density at radius 2 is 2.16 bits per heavy atom. The first-order chi connectivity index (χ1) is 11.8. The Morgan fingerprint density at radius 1 is 1.40 bits per heavy atom. The summed E-state index contributed by atoms with van der Waals surface area (Å²) >= 11 is 0. The Morgan fingerprint density at radius 3 is 2.84 bits per heavy atom. The van der Waals surface area contributed by atoms with Gasteiger partial charge in [0.15, 0.2) is 5.72 Å². The van der Waals surface area contributed by atoms with Gasteiger partial charge in [-0.2, -0.15) is 0 Å². The van der Waals surface area contributed by atoms with Gasteiger partial charge in [-0.3, -0.25) is 9.59 Å². The third-order valence-corrected chi connectivity index (χ3v) is 6.72. The number of piperidine rings is 1. The van der Waals surface area contributed by atoms with Crippen molar-refractivity contribution in [2.45, 2.75) is 69.9 Å². The second kappa shape index (κ2) is 5.93. The average Bonchev–Trinajstić information content (AvgIpc) is 3.29. The fraction of sp³-hybridized carbons (Fsp3) is 0.889. The minimum Gasteiger partial charge on any atom is -0.391 e. The van der Waals surface area contributed by atoms with Crippen molar-refractivity contribution in [2.75, 3.05) is 26.2 Å². The minimum atomic E-state index is -0.600. The first-order valence-corrected chi connectivity index (χ1v) is 9.51. The Labute approximate surface area is 148 Å². The molecule has 2 N–H and O–H groups in total. The van der Waals surface area contributed by atoms with Crippen molar-refractivity contribution in [3.05, 3.63) is 0 Å². The van der Waals surface area contributed by atoms with Gasteiger partial charge in [-0.15, -0.1) is 0 Å². The summed E-state index contributed by atoms with van der Waals surface area (Å²) in [5, 5.41) is 13.5. The number of nitrogens with zero attached hydrogens (tertiary/aromatic N) is 2. The number of nitrogens with one attached hydrogen (secondary N) is 1. The molecule has 0 bridgehead atoms. The van der Waals surface area contributed by atoms with Crippen LogP contribution in [0.4, 0.5) is 0 Å². The van der Waals surface area contributed by atoms with Crippen LogP contribution in [0.15, 0.2) is 0 Å². The van der Waals surface area contributed by atoms with Gasteiger partial charge in [-0.1, -0.05) is 0 Å². The summed E-state index contributed by atoms with van der Waals surface area (Å²) in [4.78, 5) is 28.8. The summed E-state index contributed by atoms with van der Waals surface area (Å²) < 4.78 is 5.88. The smallest absolute Gasteiger partial charge is 0.242 e. The summed E-state index contributed by atoms with van der Waals surface area (Å²) in [6.45, 7) is 6.10. The standard InChI is InChI=1S/C18H29N3O4/c1-12-16(24)21-13(10-25-17(21,2)11-19-12)3-4-15(23)20-8-7-18(5-6-18)14(22)9-20/h12-14,19,22H,3-11H2,1-2H3/t12-,13-,14?,17?/m0/s1. The number of aliphatic hydroxyl groups excluding tert-OH is 1. The molecule has 3 aliphatic heterocycles. The third-order valence-electron chi connectivity index (χ3n) is 6.72. The number of ether oxygens (including phenoxy) is 1. The molecule has 3 saturated heterocycles. The number of amides is 2. The molecule has 2 unspecified atom stereocenters. The molecule has 0 radical (unpaired) electrons. The first-order valence-electron chi connectivity index (χ1n) is 9.51. The lowest BCUT2D eigenvalue weighted by molar-refractivity contribution is -0.158. The van der Waals surface area contributed by atoms with E-state index in [2.05, 4.69) is 5.32 Å². The van der Waals surface area contributed by atoms with Crippen molar-refractivity contribution in [1.82, 2.24) is 15.1 Å². The van der Waals surface area contributed by atoms with Gasteiger partial charge in [-0.25, -0.2) is 0 Å². The maximum atomic E-state index is 12.6. The van der Waals surface area contributed by atoms with E-state index < -0.39 is 5.72 Å². The Hall–Kier alpha value is -1.18. The number of carbonyl (C=O) groups excluding carboxylic acids is 2. The summed E-state index contributed by atoms with van der Waals surface area (Å²) in [7, 11) is 0. The predicted molar refractivity (Wildman–Crippen MR) is 90.6 cm³/mol. The largest absolute Gasteiger partial charge is 0.391 e. The van der Waals surface area contributed by atoms with Gasteiger partial charge in [-0.05, 0) is 44.9 Å². The van der Waals surface area contributed by atoms with E-state index in [9.17, 15) is 14.7 Å². The predicted octanol–water partition coefficient (Wildman–Crippen LogP) is 0.0753. The highest BCUT2D eigenvalue weighted by Crippen LogP contribution is 2.53. The second-order valence-electron chi connectivity index (χ2n) is 8.46. The molecular weight excluding hydrogens is 322 g/mol. The van der Waals surface area contributed by atoms with Gasteiger partial charge in [0.2, 0.25) is 11.8 Å². The molecule has 7 heteroatoms. The van der Waals surface area contributed by atoms with E-state index in [0.717, 1.165) is 25.8 Å². The zero-order valence-electron chi connectivity index (χ0n) is 15.2. The molecule has 7 nitrogen and oxygen atoms in total. The lowest BCUT2D eigenvalue weighted by Crippen LogP contribution is -2.65. The number of hydrogen-bond donors (Lipinski definition) is 2. The fourth-order valence-corrected chi connectivity index (χ4v) is 4.64. The number of β-amino-alcohol motifs (C(OH)–C–C–N with tert-alkyl or cyclic N) is 1. The van der Waals surface area contributed by atoms with Crippen molar-refractivity contribution in [3.63, 3.8) is 0 Å². The third kappa shape index (κ3) is 2.86. The molecule has 2 amide bonds. The van der Waals surface area contributed by atoms with Gasteiger partial charge in [0.05, 0.1) is 24.8 Å². The van der Waals surface area contributed by atoms with E-state index in [1.807, 2.05) is 18.7 Å². The fourth-order valence-electron chi connectivity index (χ4n) is 4.64. The number of likely N-dealkylation sites (tertiary alicyclic amines) is 1. The van der Waals surface area contributed by atoms with E-state index in [1.165, 1.54) is 0 Å². The summed E-state index contributed by atoms with van der Waals surface area (Å²) in [5.41, 5.74) is -0.488. The van der Waals surface area contributed by atoms with E-state index in [1.54, 1.807) is 4.90 Å². The Kier molecular flexibility index (Phi) is 4.09. The van der Waals surface area contributed by atoms with Crippen molar-refractivity contribution in [3.8, 4) is 0 Å². The molecule has 3 heterocycles. The van der Waals surface area contributed by atoms with Crippen molar-refractivity contribution >= 4 is 11.8 Å². The van der Waals surface area contributed by atoms with Gasteiger partial charge < -0.3 is 25.0 Å². The SMILES string of the molecule is C[C@@H]1NCC2(C)OC[C@H](CCC(=O)N3CCC4(CC4)C(O)C3)N2C1=O. The number of aliphatic hydroxyl groups is 1. The quantitative estimate of drug-likeness (QED) is 0.752. The Balaban J connectivity index is 1.33. The highest BCUT2D eigenvalue weighted by atomic mass is 16.5. The van der Waals surface area contributed by atoms with Crippen LogP contribution in [0.3, 0.4) is 0 Å². The lowest BCUT2D eigenvalue weighted by Gasteiger charge is -2.43. The van der Waals surface area contributed by atoms with Crippen LogP contribution in [0, 0.1) is 5.41 Å². The van der Waals surface area contributed by atoms with Crippen LogP contribution < -0.4 is 5.32 Å². The molecule has 4 atom stereocenters. The van der Waals surface area contributed by atoms with E-state index in [0.29, 0.717) is 32.5 Å². The van der Waals surface area contributed by atoms with E-state index in [-0.39, 0.29) is 35.4 Å². The molecule has 4 fully saturated rings. The van der Waals surface area contributed by atoms with Crippen molar-refractivity contribution in [1.29, 1.82) is 0 Å². The molecule has 25 heavy (non-hydrogen) atoms. The van der Waals surface area contributed by atoms with Gasteiger partial charge in [0.25, 0.3) is 0 Å².